The molecule has 4 heteroatoms. The first-order valence-electron chi connectivity index (χ1n) is 9.20. The van der Waals surface area contributed by atoms with Gasteiger partial charge in [-0.2, -0.15) is 0 Å². The molecule has 24 heavy (non-hydrogen) atoms. The van der Waals surface area contributed by atoms with Crippen LogP contribution in [0.2, 0.25) is 0 Å². The third-order valence-electron chi connectivity index (χ3n) is 6.50. The Bertz CT molecular complexity index is 666. The molecule has 1 aromatic carbocycles. The summed E-state index contributed by atoms with van der Waals surface area (Å²) in [6.07, 6.45) is 7.16. The highest BCUT2D eigenvalue weighted by Crippen LogP contribution is 2.54. The summed E-state index contributed by atoms with van der Waals surface area (Å²) in [5.41, 5.74) is 2.54. The number of fused-ring (bicyclic) bond motifs is 2. The summed E-state index contributed by atoms with van der Waals surface area (Å²) in [5.74, 6) is 0.133. The standard InChI is InChI=1S/C20H26N2O2/c1-19(11-8-17(23)21-13-19)18(24)22-16-12-20(9-4-5-10-20)15-7-3-2-6-14(15)16/h2-3,6-7,16H,4-5,8-13H2,1H3,(H,21,23)(H,22,24). The second-order valence-electron chi connectivity index (χ2n) is 8.14. The van der Waals surface area contributed by atoms with Gasteiger partial charge in [-0.25, -0.2) is 0 Å². The minimum Gasteiger partial charge on any atom is -0.355 e. The molecule has 0 radical (unpaired) electrons. The molecule has 2 amide bonds. The largest absolute Gasteiger partial charge is 0.355 e. The molecule has 1 saturated heterocycles. The van der Waals surface area contributed by atoms with Crippen LogP contribution in [-0.2, 0) is 15.0 Å². The van der Waals surface area contributed by atoms with E-state index in [1.165, 1.54) is 36.8 Å². The van der Waals surface area contributed by atoms with E-state index in [1.807, 2.05) is 6.92 Å². The monoisotopic (exact) mass is 326 g/mol. The zero-order valence-corrected chi connectivity index (χ0v) is 14.4. The predicted molar refractivity (Wildman–Crippen MR) is 92.4 cm³/mol. The second-order valence-corrected chi connectivity index (χ2v) is 8.14. The maximum Gasteiger partial charge on any atom is 0.228 e. The molecule has 1 aliphatic heterocycles. The van der Waals surface area contributed by atoms with Crippen molar-refractivity contribution in [1.82, 2.24) is 10.6 Å². The van der Waals surface area contributed by atoms with Crippen LogP contribution < -0.4 is 10.6 Å². The second kappa shape index (κ2) is 5.61. The summed E-state index contributed by atoms with van der Waals surface area (Å²) in [4.78, 5) is 24.3. The van der Waals surface area contributed by atoms with Crippen LogP contribution in [0.3, 0.4) is 0 Å². The lowest BCUT2D eigenvalue weighted by Crippen LogP contribution is -2.51. The molecule has 2 N–H and O–H groups in total. The summed E-state index contributed by atoms with van der Waals surface area (Å²) in [5, 5.41) is 6.17. The fourth-order valence-electron chi connectivity index (χ4n) is 4.93. The topological polar surface area (TPSA) is 58.2 Å². The Morgan fingerprint density at radius 1 is 1.21 bits per heavy atom. The number of piperidine rings is 1. The lowest BCUT2D eigenvalue weighted by molar-refractivity contribution is -0.135. The van der Waals surface area contributed by atoms with Gasteiger partial charge in [-0.05, 0) is 49.1 Å². The van der Waals surface area contributed by atoms with E-state index in [-0.39, 0.29) is 23.3 Å². The molecule has 2 fully saturated rings. The smallest absolute Gasteiger partial charge is 0.228 e. The van der Waals surface area contributed by atoms with Crippen LogP contribution >= 0.6 is 0 Å². The predicted octanol–water partition coefficient (Wildman–Crippen LogP) is 2.98. The Morgan fingerprint density at radius 2 is 1.96 bits per heavy atom. The van der Waals surface area contributed by atoms with E-state index in [0.29, 0.717) is 19.4 Å². The molecule has 0 aromatic heterocycles. The van der Waals surface area contributed by atoms with E-state index in [0.717, 1.165) is 6.42 Å². The normalized spacial score (nSPS) is 30.9. The number of amides is 2. The van der Waals surface area contributed by atoms with E-state index in [9.17, 15) is 9.59 Å². The average molecular weight is 326 g/mol. The van der Waals surface area contributed by atoms with Crippen LogP contribution in [0.25, 0.3) is 0 Å². The Hall–Kier alpha value is -1.84. The number of nitrogens with one attached hydrogen (secondary N) is 2. The molecule has 1 heterocycles. The van der Waals surface area contributed by atoms with Crippen molar-refractivity contribution in [2.24, 2.45) is 5.41 Å². The van der Waals surface area contributed by atoms with Crippen molar-refractivity contribution < 1.29 is 9.59 Å². The van der Waals surface area contributed by atoms with E-state index in [2.05, 4.69) is 34.9 Å². The molecular weight excluding hydrogens is 300 g/mol. The van der Waals surface area contributed by atoms with Crippen molar-refractivity contribution in [1.29, 1.82) is 0 Å². The number of benzene rings is 1. The minimum atomic E-state index is -0.492. The summed E-state index contributed by atoms with van der Waals surface area (Å²) in [6.45, 7) is 2.41. The van der Waals surface area contributed by atoms with Gasteiger partial charge in [0.25, 0.3) is 0 Å². The summed E-state index contributed by atoms with van der Waals surface area (Å²) < 4.78 is 0. The molecule has 0 bridgehead atoms. The summed E-state index contributed by atoms with van der Waals surface area (Å²) in [7, 11) is 0. The molecule has 2 atom stereocenters. The highest BCUT2D eigenvalue weighted by atomic mass is 16.2. The molecule has 4 rings (SSSR count). The maximum absolute atomic E-state index is 12.9. The fraction of sp³-hybridized carbons (Fsp3) is 0.600. The van der Waals surface area contributed by atoms with E-state index < -0.39 is 5.41 Å². The van der Waals surface area contributed by atoms with Crippen molar-refractivity contribution in [3.8, 4) is 0 Å². The van der Waals surface area contributed by atoms with Gasteiger partial charge in [0, 0.05) is 13.0 Å². The summed E-state index contributed by atoms with van der Waals surface area (Å²) in [6, 6.07) is 8.75. The van der Waals surface area contributed by atoms with Gasteiger partial charge in [-0.3, -0.25) is 9.59 Å². The zero-order valence-electron chi connectivity index (χ0n) is 14.4. The van der Waals surface area contributed by atoms with Crippen molar-refractivity contribution in [2.45, 2.75) is 63.3 Å². The van der Waals surface area contributed by atoms with Crippen molar-refractivity contribution in [3.05, 3.63) is 35.4 Å². The van der Waals surface area contributed by atoms with Crippen molar-refractivity contribution >= 4 is 11.8 Å². The molecule has 4 nitrogen and oxygen atoms in total. The average Bonchev–Trinajstić information content (AvgIpc) is 3.18. The first kappa shape index (κ1) is 15.7. The fourth-order valence-corrected chi connectivity index (χ4v) is 4.93. The van der Waals surface area contributed by atoms with E-state index in [4.69, 9.17) is 0 Å². The highest BCUT2D eigenvalue weighted by Gasteiger charge is 2.47. The number of carbonyl (C=O) groups excluding carboxylic acids is 2. The zero-order chi connectivity index (χ0) is 16.8. The van der Waals surface area contributed by atoms with Gasteiger partial charge in [0.2, 0.25) is 11.8 Å². The molecule has 1 aromatic rings. The Morgan fingerprint density at radius 3 is 2.67 bits per heavy atom. The van der Waals surface area contributed by atoms with Crippen molar-refractivity contribution in [3.63, 3.8) is 0 Å². The van der Waals surface area contributed by atoms with Crippen LogP contribution in [0.4, 0.5) is 0 Å². The molecule has 1 saturated carbocycles. The van der Waals surface area contributed by atoms with Crippen LogP contribution in [0.15, 0.2) is 24.3 Å². The Labute approximate surface area is 143 Å². The van der Waals surface area contributed by atoms with Gasteiger partial charge in [0.05, 0.1) is 11.5 Å². The highest BCUT2D eigenvalue weighted by molar-refractivity contribution is 5.86. The van der Waals surface area contributed by atoms with Crippen LogP contribution in [0, 0.1) is 5.41 Å². The van der Waals surface area contributed by atoms with Crippen LogP contribution in [-0.4, -0.2) is 18.4 Å². The SMILES string of the molecule is CC1(C(=O)NC2CC3(CCCC3)c3ccccc32)CCC(=O)NC1. The third-order valence-corrected chi connectivity index (χ3v) is 6.50. The Kier molecular flexibility index (Phi) is 3.66. The van der Waals surface area contributed by atoms with Gasteiger partial charge < -0.3 is 10.6 Å². The molecule has 2 aliphatic carbocycles. The third kappa shape index (κ3) is 2.43. The maximum atomic E-state index is 12.9. The first-order valence-corrected chi connectivity index (χ1v) is 9.20. The van der Waals surface area contributed by atoms with Gasteiger partial charge in [-0.1, -0.05) is 37.1 Å². The first-order chi connectivity index (χ1) is 11.5. The lowest BCUT2D eigenvalue weighted by atomic mass is 9.80. The van der Waals surface area contributed by atoms with E-state index in [1.54, 1.807) is 0 Å². The number of carbonyl (C=O) groups is 2. The molecule has 1 spiro atoms. The molecule has 3 aliphatic rings. The van der Waals surface area contributed by atoms with Crippen LogP contribution in [0.5, 0.6) is 0 Å². The molecule has 2 unspecified atom stereocenters. The molecule has 128 valence electrons. The van der Waals surface area contributed by atoms with Gasteiger partial charge in [0.15, 0.2) is 0 Å². The number of hydrogen-bond acceptors (Lipinski definition) is 2. The quantitative estimate of drug-likeness (QED) is 0.878. The molecular formula is C20H26N2O2. The lowest BCUT2D eigenvalue weighted by Gasteiger charge is -2.33. The van der Waals surface area contributed by atoms with Crippen molar-refractivity contribution in [2.75, 3.05) is 6.54 Å². The van der Waals surface area contributed by atoms with E-state index >= 15 is 0 Å². The van der Waals surface area contributed by atoms with Gasteiger partial charge in [0.1, 0.15) is 0 Å². The van der Waals surface area contributed by atoms with Gasteiger partial charge in [-0.15, -0.1) is 0 Å². The number of rotatable bonds is 2. The van der Waals surface area contributed by atoms with Gasteiger partial charge >= 0.3 is 0 Å². The summed E-state index contributed by atoms with van der Waals surface area (Å²) >= 11 is 0. The van der Waals surface area contributed by atoms with Crippen LogP contribution in [0.1, 0.15) is 69.0 Å². The Balaban J connectivity index is 1.55. The number of hydrogen-bond donors (Lipinski definition) is 2. The minimum absolute atomic E-state index is 0.0522.